The third-order valence-corrected chi connectivity index (χ3v) is 2.12. The second kappa shape index (κ2) is 5.96. The fourth-order valence-corrected chi connectivity index (χ4v) is 1.33. The number of nitrogens with zero attached hydrogens (tertiary/aromatic N) is 2. The van der Waals surface area contributed by atoms with Crippen LogP contribution in [0.2, 0.25) is 0 Å². The van der Waals surface area contributed by atoms with Crippen molar-refractivity contribution in [3.8, 4) is 0 Å². The Morgan fingerprint density at radius 3 is 2.72 bits per heavy atom. The molecular formula is C9H9ClF3N3O2. The Morgan fingerprint density at radius 1 is 1.56 bits per heavy atom. The first kappa shape index (κ1) is 14.7. The molecule has 1 heterocycles. The van der Waals surface area contributed by atoms with E-state index in [4.69, 9.17) is 11.8 Å². The molecule has 1 aromatic heterocycles. The molecule has 1 rings (SSSR count). The van der Waals surface area contributed by atoms with Crippen LogP contribution in [0.5, 0.6) is 0 Å². The van der Waals surface area contributed by atoms with Crippen molar-refractivity contribution in [1.29, 1.82) is 0 Å². The molecule has 0 radical (unpaired) electrons. The van der Waals surface area contributed by atoms with Crippen molar-refractivity contribution in [2.24, 2.45) is 0 Å². The maximum absolute atomic E-state index is 12.4. The van der Waals surface area contributed by atoms with Crippen LogP contribution in [0.3, 0.4) is 0 Å². The molecule has 1 N–H and O–H groups in total. The lowest BCUT2D eigenvalue weighted by molar-refractivity contribution is -0.146. The molecule has 100 valence electrons. The molecule has 9 heteroatoms. The lowest BCUT2D eigenvalue weighted by atomic mass is 10.2. The summed E-state index contributed by atoms with van der Waals surface area (Å²) in [5, 5.41) is 0. The maximum Gasteiger partial charge on any atom is 0.433 e. The lowest BCUT2D eigenvalue weighted by Gasteiger charge is -2.13. The molecule has 0 saturated carbocycles. The number of nitrogens with one attached hydrogen (secondary N) is 1. The molecule has 5 nitrogen and oxygen atoms in total. The van der Waals surface area contributed by atoms with E-state index in [0.717, 1.165) is 0 Å². The molecule has 0 aliphatic rings. The second-order valence-corrected chi connectivity index (χ2v) is 3.34. The van der Waals surface area contributed by atoms with Crippen molar-refractivity contribution in [3.05, 3.63) is 23.8 Å². The monoisotopic (exact) mass is 283 g/mol. The molecule has 1 aromatic rings. The Morgan fingerprint density at radius 2 is 2.22 bits per heavy atom. The summed E-state index contributed by atoms with van der Waals surface area (Å²) in [4.78, 5) is 20.1. The average Bonchev–Trinajstić information content (AvgIpc) is 2.29. The summed E-state index contributed by atoms with van der Waals surface area (Å²) in [7, 11) is 0. The Balaban J connectivity index is 3.04. The number of aromatic nitrogens is 2. The van der Waals surface area contributed by atoms with Crippen LogP contribution in [-0.4, -0.2) is 22.5 Å². The molecule has 0 fully saturated rings. The number of rotatable bonds is 4. The van der Waals surface area contributed by atoms with Crippen LogP contribution in [0, 0.1) is 0 Å². The quantitative estimate of drug-likeness (QED) is 0.675. The highest BCUT2D eigenvalue weighted by Gasteiger charge is 2.34. The van der Waals surface area contributed by atoms with Crippen LogP contribution >= 0.6 is 11.8 Å². The predicted octanol–water partition coefficient (Wildman–Crippen LogP) is 1.84. The first-order chi connectivity index (χ1) is 8.40. The average molecular weight is 284 g/mol. The third-order valence-electron chi connectivity index (χ3n) is 1.91. The molecule has 0 bridgehead atoms. The number of ether oxygens (including phenoxy) is 1. The SMILES string of the molecule is CCOC(=O)C(NCl)c1cc(C(F)(F)F)ncn1. The van der Waals surface area contributed by atoms with Crippen LogP contribution < -0.4 is 4.84 Å². The van der Waals surface area contributed by atoms with Crippen LogP contribution in [0.4, 0.5) is 13.2 Å². The molecule has 1 unspecified atom stereocenters. The topological polar surface area (TPSA) is 64.1 Å². The van der Waals surface area contributed by atoms with E-state index >= 15 is 0 Å². The zero-order chi connectivity index (χ0) is 13.8. The van der Waals surface area contributed by atoms with E-state index in [9.17, 15) is 18.0 Å². The van der Waals surface area contributed by atoms with Gasteiger partial charge in [-0.2, -0.15) is 13.2 Å². The number of halogens is 4. The lowest BCUT2D eigenvalue weighted by Crippen LogP contribution is -2.26. The summed E-state index contributed by atoms with van der Waals surface area (Å²) in [6, 6.07) is -0.646. The van der Waals surface area contributed by atoms with Gasteiger partial charge in [0.15, 0.2) is 6.04 Å². The Bertz CT molecular complexity index is 428. The zero-order valence-electron chi connectivity index (χ0n) is 9.16. The third kappa shape index (κ3) is 3.54. The van der Waals surface area contributed by atoms with E-state index in [1.165, 1.54) is 0 Å². The fraction of sp³-hybridized carbons (Fsp3) is 0.444. The van der Waals surface area contributed by atoms with Gasteiger partial charge in [-0.3, -0.25) is 0 Å². The first-order valence-electron chi connectivity index (χ1n) is 4.82. The van der Waals surface area contributed by atoms with Gasteiger partial charge in [0.05, 0.1) is 12.3 Å². The normalized spacial score (nSPS) is 13.2. The van der Waals surface area contributed by atoms with E-state index in [1.807, 2.05) is 4.84 Å². The molecule has 0 spiro atoms. The van der Waals surface area contributed by atoms with Crippen LogP contribution in [0.1, 0.15) is 24.4 Å². The highest BCUT2D eigenvalue weighted by atomic mass is 35.5. The van der Waals surface area contributed by atoms with Gasteiger partial charge in [-0.15, -0.1) is 0 Å². The molecule has 0 amide bonds. The largest absolute Gasteiger partial charge is 0.464 e. The number of hydrogen-bond donors (Lipinski definition) is 1. The van der Waals surface area contributed by atoms with E-state index in [0.29, 0.717) is 12.4 Å². The van der Waals surface area contributed by atoms with Gasteiger partial charge in [-0.1, -0.05) is 0 Å². The Labute approximate surface area is 105 Å². The van der Waals surface area contributed by atoms with Crippen molar-refractivity contribution >= 4 is 17.7 Å². The predicted molar refractivity (Wildman–Crippen MR) is 55.4 cm³/mol. The second-order valence-electron chi connectivity index (χ2n) is 3.12. The minimum absolute atomic E-state index is 0.0745. The first-order valence-corrected chi connectivity index (χ1v) is 5.19. The maximum atomic E-state index is 12.4. The van der Waals surface area contributed by atoms with Gasteiger partial charge in [-0.05, 0) is 24.8 Å². The minimum atomic E-state index is -4.62. The molecule has 18 heavy (non-hydrogen) atoms. The van der Waals surface area contributed by atoms with E-state index < -0.39 is 23.9 Å². The smallest absolute Gasteiger partial charge is 0.433 e. The van der Waals surface area contributed by atoms with E-state index in [1.54, 1.807) is 6.92 Å². The summed E-state index contributed by atoms with van der Waals surface area (Å²) in [5.74, 6) is -0.820. The molecular weight excluding hydrogens is 275 g/mol. The number of esters is 1. The van der Waals surface area contributed by atoms with E-state index in [-0.39, 0.29) is 12.3 Å². The summed E-state index contributed by atoms with van der Waals surface area (Å²) in [6.07, 6.45) is -3.91. The summed E-state index contributed by atoms with van der Waals surface area (Å²) >= 11 is 5.31. The van der Waals surface area contributed by atoms with Crippen molar-refractivity contribution in [1.82, 2.24) is 14.8 Å². The number of alkyl halides is 3. The standard InChI is InChI=1S/C9H9ClF3N3O2/c1-2-18-8(17)7(16-10)5-3-6(9(11,12)13)15-4-14-5/h3-4,7,16H,2H2,1H3. The van der Waals surface area contributed by atoms with Crippen molar-refractivity contribution in [3.63, 3.8) is 0 Å². The van der Waals surface area contributed by atoms with Crippen molar-refractivity contribution in [2.75, 3.05) is 6.61 Å². The minimum Gasteiger partial charge on any atom is -0.464 e. The summed E-state index contributed by atoms with van der Waals surface area (Å²) in [5.41, 5.74) is -1.38. The molecule has 0 saturated heterocycles. The molecule has 0 aromatic carbocycles. The molecule has 0 aliphatic carbocycles. The van der Waals surface area contributed by atoms with E-state index in [2.05, 4.69) is 14.7 Å². The summed E-state index contributed by atoms with van der Waals surface area (Å²) < 4.78 is 41.9. The van der Waals surface area contributed by atoms with Gasteiger partial charge in [0.25, 0.3) is 0 Å². The number of hydrogen-bond acceptors (Lipinski definition) is 5. The van der Waals surface area contributed by atoms with Crippen molar-refractivity contribution in [2.45, 2.75) is 19.1 Å². The van der Waals surface area contributed by atoms with Gasteiger partial charge < -0.3 is 4.74 Å². The zero-order valence-corrected chi connectivity index (χ0v) is 9.92. The molecule has 0 aliphatic heterocycles. The Kier molecular flexibility index (Phi) is 4.85. The highest BCUT2D eigenvalue weighted by molar-refractivity contribution is 6.14. The highest BCUT2D eigenvalue weighted by Crippen LogP contribution is 2.28. The van der Waals surface area contributed by atoms with Gasteiger partial charge in [0, 0.05) is 0 Å². The van der Waals surface area contributed by atoms with Crippen molar-refractivity contribution < 1.29 is 22.7 Å². The Hall–Kier alpha value is -1.41. The van der Waals surface area contributed by atoms with Crippen LogP contribution in [-0.2, 0) is 15.7 Å². The van der Waals surface area contributed by atoms with Gasteiger partial charge in [0.1, 0.15) is 12.0 Å². The van der Waals surface area contributed by atoms with Gasteiger partial charge in [-0.25, -0.2) is 19.6 Å². The molecule has 1 atom stereocenters. The van der Waals surface area contributed by atoms with Gasteiger partial charge in [0.2, 0.25) is 0 Å². The summed E-state index contributed by atoms with van der Waals surface area (Å²) in [6.45, 7) is 1.63. The van der Waals surface area contributed by atoms with Crippen LogP contribution in [0.15, 0.2) is 12.4 Å². The van der Waals surface area contributed by atoms with Crippen LogP contribution in [0.25, 0.3) is 0 Å². The number of carbonyl (C=O) groups is 1. The van der Waals surface area contributed by atoms with Gasteiger partial charge >= 0.3 is 12.1 Å². The number of carbonyl (C=O) groups excluding carboxylic acids is 1. The fourth-order valence-electron chi connectivity index (χ4n) is 1.13.